The highest BCUT2D eigenvalue weighted by atomic mass is 16.5. The first kappa shape index (κ1) is 14.1. The molecule has 112 valence electrons. The molecule has 0 aromatic carbocycles. The minimum atomic E-state index is -0.498. The van der Waals surface area contributed by atoms with E-state index in [-0.39, 0.29) is 28.5 Å². The molecule has 4 bridgehead atoms. The van der Waals surface area contributed by atoms with Gasteiger partial charge in [0.1, 0.15) is 0 Å². The standard InChI is InChI=1S/C17H26O3/c1-10(18)20-15-14(19)11-6-7-12-13(11)16(2,3)8-5-9-17(12,15)4/h11-13,15H,5-9H2,1-4H3. The van der Waals surface area contributed by atoms with Crippen molar-refractivity contribution in [1.29, 1.82) is 0 Å². The fourth-order valence-electron chi connectivity index (χ4n) is 5.63. The lowest BCUT2D eigenvalue weighted by Crippen LogP contribution is -2.55. The highest BCUT2D eigenvalue weighted by Crippen LogP contribution is 2.64. The fourth-order valence-corrected chi connectivity index (χ4v) is 5.63. The van der Waals surface area contributed by atoms with Crippen LogP contribution in [0.15, 0.2) is 0 Å². The molecule has 0 radical (unpaired) electrons. The predicted molar refractivity (Wildman–Crippen MR) is 76.0 cm³/mol. The van der Waals surface area contributed by atoms with E-state index >= 15 is 0 Å². The van der Waals surface area contributed by atoms with Crippen molar-refractivity contribution in [1.82, 2.24) is 0 Å². The third kappa shape index (κ3) is 1.78. The molecule has 0 saturated heterocycles. The summed E-state index contributed by atoms with van der Waals surface area (Å²) in [6, 6.07) is 0. The third-order valence-corrected chi connectivity index (χ3v) is 6.45. The van der Waals surface area contributed by atoms with Crippen LogP contribution in [0.25, 0.3) is 0 Å². The molecule has 3 heteroatoms. The van der Waals surface area contributed by atoms with E-state index in [0.717, 1.165) is 25.7 Å². The smallest absolute Gasteiger partial charge is 0.303 e. The van der Waals surface area contributed by atoms with Gasteiger partial charge in [0.25, 0.3) is 0 Å². The number of ketones is 1. The van der Waals surface area contributed by atoms with E-state index < -0.39 is 6.10 Å². The number of ether oxygens (including phenoxy) is 1. The maximum Gasteiger partial charge on any atom is 0.303 e. The van der Waals surface area contributed by atoms with Gasteiger partial charge in [-0.2, -0.15) is 0 Å². The quantitative estimate of drug-likeness (QED) is 0.691. The number of esters is 1. The highest BCUT2D eigenvalue weighted by Gasteiger charge is 2.64. The molecule has 0 N–H and O–H groups in total. The Labute approximate surface area is 121 Å². The van der Waals surface area contributed by atoms with Crippen LogP contribution >= 0.6 is 0 Å². The average molecular weight is 278 g/mol. The zero-order valence-electron chi connectivity index (χ0n) is 13.1. The largest absolute Gasteiger partial charge is 0.454 e. The maximum atomic E-state index is 12.9. The summed E-state index contributed by atoms with van der Waals surface area (Å²) in [6.07, 6.45) is 4.94. The van der Waals surface area contributed by atoms with Crippen LogP contribution in [0.2, 0.25) is 0 Å². The summed E-state index contributed by atoms with van der Waals surface area (Å²) >= 11 is 0. The third-order valence-electron chi connectivity index (χ3n) is 6.45. The van der Waals surface area contributed by atoms with Gasteiger partial charge < -0.3 is 4.74 Å². The van der Waals surface area contributed by atoms with Gasteiger partial charge in [-0.15, -0.1) is 0 Å². The normalized spacial score (nSPS) is 45.9. The van der Waals surface area contributed by atoms with E-state index in [1.54, 1.807) is 0 Å². The molecule has 20 heavy (non-hydrogen) atoms. The molecular weight excluding hydrogens is 252 g/mol. The summed E-state index contributed by atoms with van der Waals surface area (Å²) in [4.78, 5) is 24.3. The summed E-state index contributed by atoms with van der Waals surface area (Å²) in [6.45, 7) is 8.27. The lowest BCUT2D eigenvalue weighted by molar-refractivity contribution is -0.175. The van der Waals surface area contributed by atoms with Gasteiger partial charge in [-0.1, -0.05) is 27.2 Å². The average Bonchev–Trinajstić information content (AvgIpc) is 2.72. The van der Waals surface area contributed by atoms with E-state index in [9.17, 15) is 9.59 Å². The van der Waals surface area contributed by atoms with Crippen LogP contribution < -0.4 is 0 Å². The SMILES string of the molecule is CC(=O)OC1C(=O)C2CCC3C2C(C)(C)CCCC13C. The Bertz CT molecular complexity index is 453. The van der Waals surface area contributed by atoms with Gasteiger partial charge >= 0.3 is 5.97 Å². The van der Waals surface area contributed by atoms with Crippen molar-refractivity contribution in [2.45, 2.75) is 65.9 Å². The van der Waals surface area contributed by atoms with E-state index in [1.807, 2.05) is 0 Å². The molecule has 3 fully saturated rings. The molecule has 3 nitrogen and oxygen atoms in total. The molecule has 3 rings (SSSR count). The van der Waals surface area contributed by atoms with Crippen LogP contribution in [0, 0.1) is 28.6 Å². The molecule has 0 heterocycles. The first-order chi connectivity index (χ1) is 9.27. The van der Waals surface area contributed by atoms with Crippen molar-refractivity contribution in [3.63, 3.8) is 0 Å². The molecule has 3 aliphatic rings. The predicted octanol–water partition coefficient (Wildman–Crippen LogP) is 3.36. The van der Waals surface area contributed by atoms with Gasteiger partial charge in [-0.3, -0.25) is 9.59 Å². The van der Waals surface area contributed by atoms with Gasteiger partial charge in [-0.25, -0.2) is 0 Å². The van der Waals surface area contributed by atoms with Crippen LogP contribution in [-0.4, -0.2) is 17.9 Å². The first-order valence-electron chi connectivity index (χ1n) is 7.98. The Morgan fingerprint density at radius 1 is 1.20 bits per heavy atom. The molecule has 5 atom stereocenters. The Morgan fingerprint density at radius 3 is 2.55 bits per heavy atom. The number of hydrogen-bond donors (Lipinski definition) is 0. The monoisotopic (exact) mass is 278 g/mol. The van der Waals surface area contributed by atoms with Crippen molar-refractivity contribution in [3.8, 4) is 0 Å². The maximum absolute atomic E-state index is 12.9. The van der Waals surface area contributed by atoms with Gasteiger partial charge in [0.15, 0.2) is 11.9 Å². The van der Waals surface area contributed by atoms with Gasteiger partial charge in [-0.05, 0) is 42.9 Å². The molecule has 0 spiro atoms. The second kappa shape index (κ2) is 4.32. The van der Waals surface area contributed by atoms with Crippen LogP contribution in [0.3, 0.4) is 0 Å². The van der Waals surface area contributed by atoms with Gasteiger partial charge in [0.05, 0.1) is 0 Å². The molecule has 0 aromatic rings. The van der Waals surface area contributed by atoms with Crippen molar-refractivity contribution in [2.75, 3.05) is 0 Å². The molecule has 3 aliphatic carbocycles. The minimum absolute atomic E-state index is 0.116. The molecular formula is C17H26O3. The highest BCUT2D eigenvalue weighted by molar-refractivity contribution is 5.90. The molecule has 3 saturated carbocycles. The van der Waals surface area contributed by atoms with E-state index in [0.29, 0.717) is 11.8 Å². The van der Waals surface area contributed by atoms with Crippen molar-refractivity contribution >= 4 is 11.8 Å². The van der Waals surface area contributed by atoms with Crippen molar-refractivity contribution < 1.29 is 14.3 Å². The fraction of sp³-hybridized carbons (Fsp3) is 0.882. The Balaban J connectivity index is 2.06. The minimum Gasteiger partial charge on any atom is -0.454 e. The van der Waals surface area contributed by atoms with Crippen molar-refractivity contribution in [3.05, 3.63) is 0 Å². The zero-order chi connectivity index (χ0) is 14.7. The summed E-state index contributed by atoms with van der Waals surface area (Å²) in [5.41, 5.74) is 0.0919. The number of carbonyl (C=O) groups is 2. The first-order valence-corrected chi connectivity index (χ1v) is 7.98. The van der Waals surface area contributed by atoms with Crippen LogP contribution in [-0.2, 0) is 14.3 Å². The van der Waals surface area contributed by atoms with E-state index in [2.05, 4.69) is 20.8 Å². The lowest BCUT2D eigenvalue weighted by Gasteiger charge is -2.50. The van der Waals surface area contributed by atoms with Crippen LogP contribution in [0.1, 0.15) is 59.8 Å². The topological polar surface area (TPSA) is 43.4 Å². The van der Waals surface area contributed by atoms with Crippen LogP contribution in [0.5, 0.6) is 0 Å². The van der Waals surface area contributed by atoms with E-state index in [4.69, 9.17) is 4.74 Å². The molecule has 0 aromatic heterocycles. The molecule has 0 amide bonds. The second-order valence-corrected chi connectivity index (χ2v) is 8.06. The summed E-state index contributed by atoms with van der Waals surface area (Å²) < 4.78 is 5.51. The molecule has 5 unspecified atom stereocenters. The number of hydrogen-bond acceptors (Lipinski definition) is 3. The Hall–Kier alpha value is -0.860. The number of carbonyl (C=O) groups excluding carboxylic acids is 2. The zero-order valence-corrected chi connectivity index (χ0v) is 13.1. The van der Waals surface area contributed by atoms with E-state index in [1.165, 1.54) is 13.3 Å². The van der Waals surface area contributed by atoms with Gasteiger partial charge in [0, 0.05) is 18.3 Å². The summed E-state index contributed by atoms with van der Waals surface area (Å²) in [5, 5.41) is 0. The summed E-state index contributed by atoms with van der Waals surface area (Å²) in [5.74, 6) is 1.02. The van der Waals surface area contributed by atoms with Crippen LogP contribution in [0.4, 0.5) is 0 Å². The summed E-state index contributed by atoms with van der Waals surface area (Å²) in [7, 11) is 0. The van der Waals surface area contributed by atoms with Crippen molar-refractivity contribution in [2.24, 2.45) is 28.6 Å². The molecule has 0 aliphatic heterocycles. The Kier molecular flexibility index (Phi) is 3.04. The number of Topliss-reactive ketones (excluding diaryl/α,β-unsaturated/α-hetero) is 1. The second-order valence-electron chi connectivity index (χ2n) is 8.06. The number of rotatable bonds is 1. The van der Waals surface area contributed by atoms with Gasteiger partial charge in [0.2, 0.25) is 0 Å². The Morgan fingerprint density at radius 2 is 1.90 bits per heavy atom. The lowest BCUT2D eigenvalue weighted by atomic mass is 9.55.